The molecular weight excluding hydrogens is 336 g/mol. The van der Waals surface area contributed by atoms with Crippen molar-refractivity contribution < 1.29 is 4.79 Å². The third-order valence-corrected chi connectivity index (χ3v) is 5.18. The van der Waals surface area contributed by atoms with Crippen LogP contribution in [-0.2, 0) is 11.3 Å². The molecule has 0 radical (unpaired) electrons. The average molecular weight is 361 g/mol. The van der Waals surface area contributed by atoms with Crippen molar-refractivity contribution in [2.45, 2.75) is 45.7 Å². The fourth-order valence-corrected chi connectivity index (χ4v) is 3.35. The van der Waals surface area contributed by atoms with Crippen LogP contribution in [0.4, 0.5) is 5.69 Å². The highest BCUT2D eigenvalue weighted by Crippen LogP contribution is 2.20. The Hall–Kier alpha value is -1.85. The standard InChI is InChI=1S/C19H25ClN4O/c1-14-18(20)12-21-24(14)15(2)19(25)22-17-8-6-16(7-9-17)13-23-10-4-3-5-11-23/h6-9,12,15H,3-5,10-11,13H2,1-2H3,(H,22,25). The maximum atomic E-state index is 12.5. The van der Waals surface area contributed by atoms with Crippen LogP contribution in [0.5, 0.6) is 0 Å². The number of hydrogen-bond donors (Lipinski definition) is 1. The minimum absolute atomic E-state index is 0.105. The van der Waals surface area contributed by atoms with Gasteiger partial charge in [0, 0.05) is 12.2 Å². The average Bonchev–Trinajstić information content (AvgIpc) is 2.96. The number of amides is 1. The lowest BCUT2D eigenvalue weighted by atomic mass is 10.1. The SMILES string of the molecule is Cc1c(Cl)cnn1C(C)C(=O)Nc1ccc(CN2CCCCC2)cc1. The molecule has 6 heteroatoms. The van der Waals surface area contributed by atoms with E-state index in [-0.39, 0.29) is 5.91 Å². The molecule has 2 heterocycles. The van der Waals surface area contributed by atoms with E-state index in [1.165, 1.54) is 37.9 Å². The van der Waals surface area contributed by atoms with Crippen LogP contribution in [0.1, 0.15) is 43.5 Å². The zero-order chi connectivity index (χ0) is 17.8. The highest BCUT2D eigenvalue weighted by Gasteiger charge is 2.19. The largest absolute Gasteiger partial charge is 0.324 e. The minimum atomic E-state index is -0.416. The third-order valence-electron chi connectivity index (χ3n) is 4.81. The second-order valence-electron chi connectivity index (χ2n) is 6.72. The fraction of sp³-hybridized carbons (Fsp3) is 0.474. The molecule has 0 saturated carbocycles. The van der Waals surface area contributed by atoms with E-state index in [4.69, 9.17) is 11.6 Å². The maximum absolute atomic E-state index is 12.5. The summed E-state index contributed by atoms with van der Waals surface area (Å²) < 4.78 is 1.64. The second kappa shape index (κ2) is 8.02. The first-order valence-corrected chi connectivity index (χ1v) is 9.24. The molecule has 1 amide bonds. The molecule has 25 heavy (non-hydrogen) atoms. The Balaban J connectivity index is 1.58. The summed E-state index contributed by atoms with van der Waals surface area (Å²) in [6, 6.07) is 7.69. The number of halogens is 1. The van der Waals surface area contributed by atoms with E-state index in [2.05, 4.69) is 27.4 Å². The quantitative estimate of drug-likeness (QED) is 0.875. The molecule has 1 atom stereocenters. The van der Waals surface area contributed by atoms with Crippen LogP contribution < -0.4 is 5.32 Å². The number of carbonyl (C=O) groups excluding carboxylic acids is 1. The van der Waals surface area contributed by atoms with Crippen molar-refractivity contribution >= 4 is 23.2 Å². The number of hydrogen-bond acceptors (Lipinski definition) is 3. The van der Waals surface area contributed by atoms with E-state index < -0.39 is 6.04 Å². The van der Waals surface area contributed by atoms with Crippen molar-refractivity contribution in [2.75, 3.05) is 18.4 Å². The zero-order valence-corrected chi connectivity index (χ0v) is 15.6. The maximum Gasteiger partial charge on any atom is 0.248 e. The molecule has 1 saturated heterocycles. The smallest absolute Gasteiger partial charge is 0.248 e. The third kappa shape index (κ3) is 4.41. The van der Waals surface area contributed by atoms with Gasteiger partial charge in [-0.05, 0) is 57.5 Å². The molecule has 0 spiro atoms. The number of nitrogens with one attached hydrogen (secondary N) is 1. The van der Waals surface area contributed by atoms with Crippen LogP contribution in [0.15, 0.2) is 30.5 Å². The van der Waals surface area contributed by atoms with Crippen LogP contribution >= 0.6 is 11.6 Å². The Kier molecular flexibility index (Phi) is 5.76. The summed E-state index contributed by atoms with van der Waals surface area (Å²) in [4.78, 5) is 14.9. The van der Waals surface area contributed by atoms with Crippen LogP contribution in [0.3, 0.4) is 0 Å². The molecule has 1 fully saturated rings. The number of nitrogens with zero attached hydrogens (tertiary/aromatic N) is 3. The molecule has 1 aliphatic rings. The van der Waals surface area contributed by atoms with E-state index >= 15 is 0 Å². The second-order valence-corrected chi connectivity index (χ2v) is 7.13. The van der Waals surface area contributed by atoms with Gasteiger partial charge in [-0.25, -0.2) is 0 Å². The molecule has 3 rings (SSSR count). The van der Waals surface area contributed by atoms with E-state index in [9.17, 15) is 4.79 Å². The lowest BCUT2D eigenvalue weighted by molar-refractivity contribution is -0.119. The minimum Gasteiger partial charge on any atom is -0.324 e. The lowest BCUT2D eigenvalue weighted by Gasteiger charge is -2.26. The van der Waals surface area contributed by atoms with Crippen molar-refractivity contribution in [3.63, 3.8) is 0 Å². The van der Waals surface area contributed by atoms with Gasteiger partial charge in [0.1, 0.15) is 6.04 Å². The summed E-state index contributed by atoms with van der Waals surface area (Å²) in [7, 11) is 0. The monoisotopic (exact) mass is 360 g/mol. The molecule has 134 valence electrons. The predicted octanol–water partition coefficient (Wildman–Crippen LogP) is 4.03. The Morgan fingerprint density at radius 1 is 1.24 bits per heavy atom. The normalized spacial score (nSPS) is 16.6. The summed E-state index contributed by atoms with van der Waals surface area (Å²) >= 11 is 6.02. The predicted molar refractivity (Wildman–Crippen MR) is 101 cm³/mol. The van der Waals surface area contributed by atoms with Gasteiger partial charge in [0.15, 0.2) is 0 Å². The number of likely N-dealkylation sites (tertiary alicyclic amines) is 1. The summed E-state index contributed by atoms with van der Waals surface area (Å²) in [5.74, 6) is -0.105. The first kappa shape index (κ1) is 18.0. The van der Waals surface area contributed by atoms with Gasteiger partial charge in [0.2, 0.25) is 5.91 Å². The Bertz CT molecular complexity index is 720. The van der Waals surface area contributed by atoms with Crippen LogP contribution in [0, 0.1) is 6.92 Å². The molecule has 5 nitrogen and oxygen atoms in total. The Morgan fingerprint density at radius 2 is 1.92 bits per heavy atom. The molecule has 1 unspecified atom stereocenters. The van der Waals surface area contributed by atoms with Gasteiger partial charge >= 0.3 is 0 Å². The summed E-state index contributed by atoms with van der Waals surface area (Å²) in [6.07, 6.45) is 5.50. The lowest BCUT2D eigenvalue weighted by Crippen LogP contribution is -2.29. The van der Waals surface area contributed by atoms with Crippen molar-refractivity contribution in [1.82, 2.24) is 14.7 Å². The number of anilines is 1. The van der Waals surface area contributed by atoms with Crippen molar-refractivity contribution in [3.8, 4) is 0 Å². The fourth-order valence-electron chi connectivity index (χ4n) is 3.22. The highest BCUT2D eigenvalue weighted by atomic mass is 35.5. The molecular formula is C19H25ClN4O. The number of carbonyl (C=O) groups is 1. The summed E-state index contributed by atoms with van der Waals surface area (Å²) in [5, 5.41) is 7.70. The number of rotatable bonds is 5. The van der Waals surface area contributed by atoms with E-state index in [1.54, 1.807) is 10.9 Å². The van der Waals surface area contributed by atoms with E-state index in [1.807, 2.05) is 26.0 Å². The summed E-state index contributed by atoms with van der Waals surface area (Å²) in [6.45, 7) is 7.02. The molecule has 1 aliphatic heterocycles. The van der Waals surface area contributed by atoms with Gasteiger partial charge in [-0.15, -0.1) is 0 Å². The first-order chi connectivity index (χ1) is 12.0. The zero-order valence-electron chi connectivity index (χ0n) is 14.8. The molecule has 1 aromatic carbocycles. The van der Waals surface area contributed by atoms with Gasteiger partial charge in [-0.1, -0.05) is 30.2 Å². The highest BCUT2D eigenvalue weighted by molar-refractivity contribution is 6.31. The van der Waals surface area contributed by atoms with Crippen molar-refractivity contribution in [1.29, 1.82) is 0 Å². The first-order valence-electron chi connectivity index (χ1n) is 8.86. The molecule has 1 N–H and O–H groups in total. The molecule has 1 aromatic heterocycles. The molecule has 2 aromatic rings. The van der Waals surface area contributed by atoms with Crippen LogP contribution in [0.25, 0.3) is 0 Å². The summed E-state index contributed by atoms with van der Waals surface area (Å²) in [5.41, 5.74) is 2.87. The number of aromatic nitrogens is 2. The van der Waals surface area contributed by atoms with Gasteiger partial charge in [-0.2, -0.15) is 5.10 Å². The van der Waals surface area contributed by atoms with E-state index in [0.717, 1.165) is 17.9 Å². The molecule has 0 aliphatic carbocycles. The van der Waals surface area contributed by atoms with Crippen LogP contribution in [0.2, 0.25) is 5.02 Å². The van der Waals surface area contributed by atoms with Crippen LogP contribution in [-0.4, -0.2) is 33.7 Å². The van der Waals surface area contributed by atoms with Gasteiger partial charge in [0.05, 0.1) is 16.9 Å². The van der Waals surface area contributed by atoms with E-state index in [0.29, 0.717) is 5.02 Å². The Labute approximate surface area is 154 Å². The van der Waals surface area contributed by atoms with Gasteiger partial charge in [0.25, 0.3) is 0 Å². The Morgan fingerprint density at radius 3 is 2.52 bits per heavy atom. The number of piperidine rings is 1. The molecule has 0 bridgehead atoms. The topological polar surface area (TPSA) is 50.2 Å². The van der Waals surface area contributed by atoms with Gasteiger partial charge in [-0.3, -0.25) is 14.4 Å². The van der Waals surface area contributed by atoms with Crippen molar-refractivity contribution in [2.24, 2.45) is 0 Å². The number of benzene rings is 1. The van der Waals surface area contributed by atoms with Crippen molar-refractivity contribution in [3.05, 3.63) is 46.7 Å². The van der Waals surface area contributed by atoms with Gasteiger partial charge < -0.3 is 5.32 Å².